The van der Waals surface area contributed by atoms with Crippen LogP contribution in [0.4, 0.5) is 0 Å². The molecule has 1 spiro atoms. The number of hydrogen-bond donors (Lipinski definition) is 0. The molecule has 1 aromatic rings. The highest BCUT2D eigenvalue weighted by Gasteiger charge is 2.43. The molecule has 5 nitrogen and oxygen atoms in total. The molecule has 0 amide bonds. The zero-order valence-corrected chi connectivity index (χ0v) is 12.1. The second-order valence-electron chi connectivity index (χ2n) is 5.82. The average molecular weight is 277 g/mol. The van der Waals surface area contributed by atoms with Crippen molar-refractivity contribution in [3.63, 3.8) is 0 Å². The third-order valence-electron chi connectivity index (χ3n) is 4.21. The Kier molecular flexibility index (Phi) is 4.29. The number of morpholine rings is 1. The fourth-order valence-electron chi connectivity index (χ4n) is 3.11. The van der Waals surface area contributed by atoms with E-state index in [0.717, 1.165) is 57.8 Å². The van der Waals surface area contributed by atoms with Crippen molar-refractivity contribution in [1.82, 2.24) is 14.9 Å². The molecule has 1 aromatic heterocycles. The van der Waals surface area contributed by atoms with Crippen molar-refractivity contribution in [1.29, 1.82) is 0 Å². The first-order valence-corrected chi connectivity index (χ1v) is 7.52. The van der Waals surface area contributed by atoms with Crippen LogP contribution in [0.5, 0.6) is 0 Å². The molecule has 0 bridgehead atoms. The topological polar surface area (TPSA) is 47.5 Å². The molecule has 0 N–H and O–H groups in total. The largest absolute Gasteiger partial charge is 0.378 e. The molecule has 2 saturated heterocycles. The molecule has 0 aliphatic carbocycles. The van der Waals surface area contributed by atoms with Crippen LogP contribution in [0, 0.1) is 0 Å². The zero-order valence-electron chi connectivity index (χ0n) is 12.1. The normalized spacial score (nSPS) is 30.9. The van der Waals surface area contributed by atoms with E-state index in [1.165, 1.54) is 0 Å². The van der Waals surface area contributed by atoms with Crippen LogP contribution < -0.4 is 0 Å². The van der Waals surface area contributed by atoms with Gasteiger partial charge in [0.05, 0.1) is 18.4 Å². The molecule has 2 aliphatic rings. The maximum Gasteiger partial charge on any atom is 0.107 e. The van der Waals surface area contributed by atoms with Crippen LogP contribution in [0.3, 0.4) is 0 Å². The van der Waals surface area contributed by atoms with Crippen molar-refractivity contribution in [3.05, 3.63) is 24.3 Å². The third-order valence-corrected chi connectivity index (χ3v) is 4.21. The van der Waals surface area contributed by atoms with E-state index in [1.54, 1.807) is 12.4 Å². The molecule has 2 aliphatic heterocycles. The molecule has 2 fully saturated rings. The van der Waals surface area contributed by atoms with Gasteiger partial charge in [0.25, 0.3) is 0 Å². The van der Waals surface area contributed by atoms with Gasteiger partial charge in [-0.2, -0.15) is 0 Å². The quantitative estimate of drug-likeness (QED) is 0.830. The molecule has 20 heavy (non-hydrogen) atoms. The van der Waals surface area contributed by atoms with Crippen LogP contribution in [-0.2, 0) is 15.9 Å². The zero-order chi connectivity index (χ0) is 13.8. The van der Waals surface area contributed by atoms with E-state index in [4.69, 9.17) is 9.47 Å². The molecule has 0 aromatic carbocycles. The van der Waals surface area contributed by atoms with E-state index < -0.39 is 0 Å². The summed E-state index contributed by atoms with van der Waals surface area (Å²) in [5.41, 5.74) is 0.991. The predicted molar refractivity (Wildman–Crippen MR) is 75.5 cm³/mol. The first-order chi connectivity index (χ1) is 9.80. The first-order valence-electron chi connectivity index (χ1n) is 7.52. The molecule has 2 atom stereocenters. The van der Waals surface area contributed by atoms with Crippen LogP contribution in [0.1, 0.15) is 25.5 Å². The van der Waals surface area contributed by atoms with Gasteiger partial charge in [0.1, 0.15) is 5.60 Å². The van der Waals surface area contributed by atoms with Crippen LogP contribution >= 0.6 is 0 Å². The van der Waals surface area contributed by atoms with Gasteiger partial charge in [-0.25, -0.2) is 0 Å². The molecular formula is C15H23N3O2. The highest BCUT2D eigenvalue weighted by atomic mass is 16.6. The molecule has 3 rings (SSSR count). The highest BCUT2D eigenvalue weighted by Crippen LogP contribution is 2.30. The monoisotopic (exact) mass is 277 g/mol. The second-order valence-corrected chi connectivity index (χ2v) is 5.82. The third kappa shape index (κ3) is 3.16. The SMILES string of the molecule is CCC1CN(CCc2cnccn2)CC2(CCOC2)O1. The number of ether oxygens (including phenoxy) is 2. The molecule has 5 heteroatoms. The smallest absolute Gasteiger partial charge is 0.107 e. The van der Waals surface area contributed by atoms with E-state index in [-0.39, 0.29) is 5.60 Å². The predicted octanol–water partition coefficient (Wildman–Crippen LogP) is 1.29. The van der Waals surface area contributed by atoms with Gasteiger partial charge in [-0.15, -0.1) is 0 Å². The molecule has 110 valence electrons. The summed E-state index contributed by atoms with van der Waals surface area (Å²) in [5.74, 6) is 0. The number of nitrogens with zero attached hydrogens (tertiary/aromatic N) is 3. The van der Waals surface area contributed by atoms with Gasteiger partial charge < -0.3 is 9.47 Å². The number of hydrogen-bond acceptors (Lipinski definition) is 5. The van der Waals surface area contributed by atoms with Crippen molar-refractivity contribution in [2.75, 3.05) is 32.8 Å². The lowest BCUT2D eigenvalue weighted by Crippen LogP contribution is -2.56. The lowest BCUT2D eigenvalue weighted by molar-refractivity contribution is -0.154. The summed E-state index contributed by atoms with van der Waals surface area (Å²) in [6.07, 6.45) is 8.68. The van der Waals surface area contributed by atoms with Gasteiger partial charge in [-0.1, -0.05) is 6.92 Å². The van der Waals surface area contributed by atoms with Gasteiger partial charge in [-0.3, -0.25) is 14.9 Å². The Balaban J connectivity index is 1.60. The fourth-order valence-corrected chi connectivity index (χ4v) is 3.11. The highest BCUT2D eigenvalue weighted by molar-refractivity contribution is 4.98. The lowest BCUT2D eigenvalue weighted by Gasteiger charge is -2.43. The molecule has 0 saturated carbocycles. The molecule has 3 heterocycles. The lowest BCUT2D eigenvalue weighted by atomic mass is 9.98. The molecular weight excluding hydrogens is 254 g/mol. The van der Waals surface area contributed by atoms with Gasteiger partial charge in [0.15, 0.2) is 0 Å². The Morgan fingerprint density at radius 3 is 3.10 bits per heavy atom. The average Bonchev–Trinajstić information content (AvgIpc) is 2.93. The Morgan fingerprint density at radius 1 is 1.45 bits per heavy atom. The first kappa shape index (κ1) is 13.9. The van der Waals surface area contributed by atoms with E-state index in [2.05, 4.69) is 21.8 Å². The van der Waals surface area contributed by atoms with Crippen molar-refractivity contribution in [3.8, 4) is 0 Å². The summed E-state index contributed by atoms with van der Waals surface area (Å²) in [6.45, 7) is 6.77. The summed E-state index contributed by atoms with van der Waals surface area (Å²) < 4.78 is 11.8. The Labute approximate surface area is 120 Å². The van der Waals surface area contributed by atoms with E-state index in [0.29, 0.717) is 6.10 Å². The summed E-state index contributed by atoms with van der Waals surface area (Å²) in [4.78, 5) is 11.0. The van der Waals surface area contributed by atoms with Gasteiger partial charge in [0, 0.05) is 57.7 Å². The van der Waals surface area contributed by atoms with Gasteiger partial charge in [0.2, 0.25) is 0 Å². The standard InChI is InChI=1S/C15H23N3O2/c1-2-14-10-18(7-3-13-9-16-5-6-17-13)11-15(20-14)4-8-19-12-15/h5-6,9,14H,2-4,7-8,10-12H2,1H3. The Hall–Kier alpha value is -1.04. The van der Waals surface area contributed by atoms with Crippen LogP contribution in [0.15, 0.2) is 18.6 Å². The maximum absolute atomic E-state index is 6.27. The van der Waals surface area contributed by atoms with Crippen LogP contribution in [0.2, 0.25) is 0 Å². The summed E-state index contributed by atoms with van der Waals surface area (Å²) >= 11 is 0. The van der Waals surface area contributed by atoms with E-state index in [9.17, 15) is 0 Å². The number of aromatic nitrogens is 2. The van der Waals surface area contributed by atoms with Crippen molar-refractivity contribution in [2.24, 2.45) is 0 Å². The van der Waals surface area contributed by atoms with E-state index in [1.807, 2.05) is 6.20 Å². The maximum atomic E-state index is 6.27. The summed E-state index contributed by atoms with van der Waals surface area (Å²) in [6, 6.07) is 0. The second kappa shape index (κ2) is 6.16. The Morgan fingerprint density at radius 2 is 2.40 bits per heavy atom. The minimum absolute atomic E-state index is 0.0682. The van der Waals surface area contributed by atoms with Crippen LogP contribution in [-0.4, -0.2) is 59.4 Å². The Bertz CT molecular complexity index is 420. The molecule has 2 unspecified atom stereocenters. The van der Waals surface area contributed by atoms with Crippen LogP contribution in [0.25, 0.3) is 0 Å². The minimum Gasteiger partial charge on any atom is -0.378 e. The van der Waals surface area contributed by atoms with E-state index >= 15 is 0 Å². The minimum atomic E-state index is -0.0682. The van der Waals surface area contributed by atoms with Gasteiger partial charge >= 0.3 is 0 Å². The van der Waals surface area contributed by atoms with Crippen molar-refractivity contribution >= 4 is 0 Å². The molecule has 0 radical (unpaired) electrons. The summed E-state index contributed by atoms with van der Waals surface area (Å²) in [7, 11) is 0. The summed E-state index contributed by atoms with van der Waals surface area (Å²) in [5, 5.41) is 0. The van der Waals surface area contributed by atoms with Crippen molar-refractivity contribution in [2.45, 2.75) is 37.9 Å². The number of rotatable bonds is 4. The fraction of sp³-hybridized carbons (Fsp3) is 0.733. The van der Waals surface area contributed by atoms with Crippen molar-refractivity contribution < 1.29 is 9.47 Å². The van der Waals surface area contributed by atoms with Gasteiger partial charge in [-0.05, 0) is 6.42 Å².